The molecule has 1 aromatic heterocycles. The Hall–Kier alpha value is -1.52. The zero-order chi connectivity index (χ0) is 13.7. The van der Waals surface area contributed by atoms with E-state index >= 15 is 0 Å². The Kier molecular flexibility index (Phi) is 2.75. The molecule has 0 radical (unpaired) electrons. The fourth-order valence-corrected chi connectivity index (χ4v) is 4.39. The number of aromatic hydroxyl groups is 1. The first-order valence-corrected chi connectivity index (χ1v) is 7.83. The van der Waals surface area contributed by atoms with Gasteiger partial charge in [0.05, 0.1) is 7.11 Å². The van der Waals surface area contributed by atoms with E-state index in [1.807, 2.05) is 23.5 Å². The summed E-state index contributed by atoms with van der Waals surface area (Å²) >= 11 is 1.88. The van der Waals surface area contributed by atoms with Gasteiger partial charge >= 0.3 is 0 Å². The van der Waals surface area contributed by atoms with E-state index in [-0.39, 0.29) is 5.75 Å². The summed E-state index contributed by atoms with van der Waals surface area (Å²) in [6.45, 7) is 2.08. The van der Waals surface area contributed by atoms with Crippen molar-refractivity contribution < 1.29 is 9.84 Å². The molecule has 0 fully saturated rings. The van der Waals surface area contributed by atoms with Crippen LogP contribution in [0.25, 0.3) is 0 Å². The van der Waals surface area contributed by atoms with E-state index in [4.69, 9.17) is 4.74 Å². The third-order valence-corrected chi connectivity index (χ3v) is 5.49. The van der Waals surface area contributed by atoms with Crippen molar-refractivity contribution in [3.05, 3.63) is 45.1 Å². The zero-order valence-electron chi connectivity index (χ0n) is 11.4. The minimum Gasteiger partial charge on any atom is -0.504 e. The number of rotatable bonds is 1. The summed E-state index contributed by atoms with van der Waals surface area (Å²) < 4.78 is 5.22. The lowest BCUT2D eigenvalue weighted by molar-refractivity contribution is 0.162. The Labute approximate surface area is 122 Å². The number of hydrogen-bond acceptors (Lipinski definition) is 4. The lowest BCUT2D eigenvalue weighted by Gasteiger charge is -2.40. The minimum atomic E-state index is 0.251. The third-order valence-electron chi connectivity index (χ3n) is 4.49. The summed E-state index contributed by atoms with van der Waals surface area (Å²) in [4.78, 5) is 4.08. The summed E-state index contributed by atoms with van der Waals surface area (Å²) in [5, 5.41) is 12.2. The van der Waals surface area contributed by atoms with Gasteiger partial charge in [0.25, 0.3) is 0 Å². The highest BCUT2D eigenvalue weighted by Gasteiger charge is 2.33. The smallest absolute Gasteiger partial charge is 0.160 e. The van der Waals surface area contributed by atoms with Crippen molar-refractivity contribution in [2.24, 2.45) is 0 Å². The molecule has 2 aliphatic rings. The molecular weight excluding hydrogens is 270 g/mol. The molecule has 3 heterocycles. The number of nitrogens with zero attached hydrogens (tertiary/aromatic N) is 1. The van der Waals surface area contributed by atoms with E-state index in [0.717, 1.165) is 25.9 Å². The Morgan fingerprint density at radius 1 is 1.35 bits per heavy atom. The molecular formula is C16H17NO2S. The van der Waals surface area contributed by atoms with Crippen LogP contribution in [0.15, 0.2) is 23.6 Å². The van der Waals surface area contributed by atoms with Crippen molar-refractivity contribution in [1.29, 1.82) is 0 Å². The van der Waals surface area contributed by atoms with E-state index in [1.165, 1.54) is 21.6 Å². The molecule has 1 unspecified atom stereocenters. The first-order valence-electron chi connectivity index (χ1n) is 6.95. The molecule has 4 rings (SSSR count). The second kappa shape index (κ2) is 4.50. The lowest BCUT2D eigenvalue weighted by atomic mass is 9.87. The molecule has 0 spiro atoms. The quantitative estimate of drug-likeness (QED) is 0.874. The van der Waals surface area contributed by atoms with Crippen LogP contribution in [0.2, 0.25) is 0 Å². The van der Waals surface area contributed by atoms with Gasteiger partial charge in [0.1, 0.15) is 0 Å². The van der Waals surface area contributed by atoms with E-state index in [2.05, 4.69) is 16.3 Å². The number of fused-ring (bicyclic) bond motifs is 4. The molecule has 104 valence electrons. The number of methoxy groups -OCH3 is 1. The predicted octanol–water partition coefficient (Wildman–Crippen LogP) is 3.12. The van der Waals surface area contributed by atoms with Crippen LogP contribution in [0.3, 0.4) is 0 Å². The second-order valence-electron chi connectivity index (χ2n) is 5.53. The largest absolute Gasteiger partial charge is 0.504 e. The van der Waals surface area contributed by atoms with Gasteiger partial charge in [0.15, 0.2) is 11.5 Å². The van der Waals surface area contributed by atoms with Crippen molar-refractivity contribution >= 4 is 11.3 Å². The fraction of sp³-hybridized carbons (Fsp3) is 0.375. The average molecular weight is 287 g/mol. The minimum absolute atomic E-state index is 0.251. The molecule has 0 saturated heterocycles. The normalized spacial score (nSPS) is 20.9. The number of hydrogen-bond donors (Lipinski definition) is 1. The fourth-order valence-electron chi connectivity index (χ4n) is 3.46. The van der Waals surface area contributed by atoms with Gasteiger partial charge in [-0.15, -0.1) is 11.3 Å². The molecule has 1 aromatic carbocycles. The number of thiophene rings is 1. The number of phenols is 1. The highest BCUT2D eigenvalue weighted by molar-refractivity contribution is 7.10. The van der Waals surface area contributed by atoms with Crippen LogP contribution >= 0.6 is 11.3 Å². The molecule has 0 bridgehead atoms. The van der Waals surface area contributed by atoms with Gasteiger partial charge in [-0.3, -0.25) is 4.90 Å². The summed E-state index contributed by atoms with van der Waals surface area (Å²) in [5.41, 5.74) is 4.03. The van der Waals surface area contributed by atoms with Gasteiger partial charge in [-0.2, -0.15) is 0 Å². The highest BCUT2D eigenvalue weighted by Crippen LogP contribution is 2.42. The van der Waals surface area contributed by atoms with E-state index in [9.17, 15) is 5.11 Å². The molecule has 0 aliphatic carbocycles. The predicted molar refractivity (Wildman–Crippen MR) is 79.5 cm³/mol. The summed E-state index contributed by atoms with van der Waals surface area (Å²) in [7, 11) is 1.60. The van der Waals surface area contributed by atoms with Crippen molar-refractivity contribution in [2.45, 2.75) is 25.4 Å². The molecule has 3 nitrogen and oxygen atoms in total. The van der Waals surface area contributed by atoms with Crippen LogP contribution in [0.1, 0.15) is 27.6 Å². The van der Waals surface area contributed by atoms with Gasteiger partial charge in [-0.05, 0) is 53.1 Å². The summed E-state index contributed by atoms with van der Waals surface area (Å²) in [6.07, 6.45) is 2.14. The van der Waals surface area contributed by atoms with Gasteiger partial charge in [-0.1, -0.05) is 0 Å². The van der Waals surface area contributed by atoms with Crippen LogP contribution in [0, 0.1) is 0 Å². The maximum Gasteiger partial charge on any atom is 0.160 e. The van der Waals surface area contributed by atoms with Crippen LogP contribution in [0.4, 0.5) is 0 Å². The standard InChI is InChI=1S/C16H17NO2S/c1-19-15-8-11-9-17-4-2-16-12(3-5-20-16)13(17)6-10(11)7-14(15)18/h3,5,7-8,13,18H,2,4,6,9H2,1H3. The molecule has 2 aromatic rings. The topological polar surface area (TPSA) is 32.7 Å². The summed E-state index contributed by atoms with van der Waals surface area (Å²) in [6, 6.07) is 6.62. The van der Waals surface area contributed by atoms with Crippen LogP contribution in [-0.2, 0) is 19.4 Å². The number of phenolic OH excluding ortho intramolecular Hbond substituents is 1. The first kappa shape index (κ1) is 12.2. The average Bonchev–Trinajstić information content (AvgIpc) is 2.93. The Bertz CT molecular complexity index is 664. The highest BCUT2D eigenvalue weighted by atomic mass is 32.1. The molecule has 0 amide bonds. The van der Waals surface area contributed by atoms with Gasteiger partial charge in [-0.25, -0.2) is 0 Å². The molecule has 4 heteroatoms. The van der Waals surface area contributed by atoms with E-state index in [0.29, 0.717) is 11.8 Å². The molecule has 2 aliphatic heterocycles. The van der Waals surface area contributed by atoms with Crippen molar-refractivity contribution in [1.82, 2.24) is 4.90 Å². The third kappa shape index (κ3) is 1.75. The zero-order valence-corrected chi connectivity index (χ0v) is 12.2. The Morgan fingerprint density at radius 2 is 2.25 bits per heavy atom. The lowest BCUT2D eigenvalue weighted by Crippen LogP contribution is -2.38. The summed E-state index contributed by atoms with van der Waals surface area (Å²) in [5.74, 6) is 0.830. The maximum absolute atomic E-state index is 9.98. The molecule has 20 heavy (non-hydrogen) atoms. The molecule has 1 N–H and O–H groups in total. The Balaban J connectivity index is 1.76. The monoisotopic (exact) mass is 287 g/mol. The first-order chi connectivity index (χ1) is 9.76. The van der Waals surface area contributed by atoms with Gasteiger partial charge < -0.3 is 9.84 Å². The van der Waals surface area contributed by atoms with Crippen LogP contribution in [0.5, 0.6) is 11.5 Å². The van der Waals surface area contributed by atoms with Gasteiger partial charge in [0.2, 0.25) is 0 Å². The Morgan fingerprint density at radius 3 is 3.10 bits per heavy atom. The van der Waals surface area contributed by atoms with Crippen LogP contribution < -0.4 is 4.74 Å². The van der Waals surface area contributed by atoms with Crippen LogP contribution in [-0.4, -0.2) is 23.7 Å². The molecule has 0 saturated carbocycles. The van der Waals surface area contributed by atoms with E-state index < -0.39 is 0 Å². The SMILES string of the molecule is COc1cc2c(cc1O)CC1c3ccsc3CCN1C2. The second-order valence-corrected chi connectivity index (χ2v) is 6.53. The van der Waals surface area contributed by atoms with Crippen molar-refractivity contribution in [3.63, 3.8) is 0 Å². The maximum atomic E-state index is 9.98. The van der Waals surface area contributed by atoms with Crippen molar-refractivity contribution in [3.8, 4) is 11.5 Å². The van der Waals surface area contributed by atoms with E-state index in [1.54, 1.807) is 7.11 Å². The number of benzene rings is 1. The molecule has 1 atom stereocenters. The van der Waals surface area contributed by atoms with Gasteiger partial charge in [0, 0.05) is 24.0 Å². The number of ether oxygens (including phenoxy) is 1. The van der Waals surface area contributed by atoms with Crippen molar-refractivity contribution in [2.75, 3.05) is 13.7 Å².